The lowest BCUT2D eigenvalue weighted by Gasteiger charge is -2.18. The number of benzene rings is 1. The topological polar surface area (TPSA) is 83.8 Å². The molecule has 1 aromatic carbocycles. The molecule has 0 bridgehead atoms. The van der Waals surface area contributed by atoms with Crippen LogP contribution in [0.15, 0.2) is 48.6 Å². The van der Waals surface area contributed by atoms with Crippen molar-refractivity contribution in [2.45, 2.75) is 37.0 Å². The summed E-state index contributed by atoms with van der Waals surface area (Å²) in [5.41, 5.74) is 0. The third-order valence-corrected chi connectivity index (χ3v) is 5.97. The molecular formula is C21H25ClO5S. The lowest BCUT2D eigenvalue weighted by atomic mass is 10.0. The largest absolute Gasteiger partial charge is 0.491 e. The monoisotopic (exact) mass is 424 g/mol. The van der Waals surface area contributed by atoms with E-state index in [1.54, 1.807) is 42.1 Å². The lowest BCUT2D eigenvalue weighted by Crippen LogP contribution is -2.24. The number of carboxylic acid groups (broad SMARTS) is 1. The van der Waals surface area contributed by atoms with Crippen molar-refractivity contribution in [3.8, 4) is 5.75 Å². The van der Waals surface area contributed by atoms with Gasteiger partial charge in [0.2, 0.25) is 0 Å². The Morgan fingerprint density at radius 2 is 2.04 bits per heavy atom. The van der Waals surface area contributed by atoms with E-state index in [1.807, 2.05) is 18.2 Å². The number of carbonyl (C=O) groups is 2. The molecule has 7 heteroatoms. The van der Waals surface area contributed by atoms with E-state index in [-0.39, 0.29) is 30.0 Å². The highest BCUT2D eigenvalue weighted by molar-refractivity contribution is 8.00. The zero-order valence-electron chi connectivity index (χ0n) is 15.5. The number of hydrogen-bond donors (Lipinski definition) is 2. The van der Waals surface area contributed by atoms with Crippen LogP contribution in [0.4, 0.5) is 0 Å². The van der Waals surface area contributed by atoms with Gasteiger partial charge in [-0.05, 0) is 49.6 Å². The molecule has 5 nitrogen and oxygen atoms in total. The average Bonchev–Trinajstić information content (AvgIpc) is 3.02. The molecule has 3 unspecified atom stereocenters. The van der Waals surface area contributed by atoms with Crippen molar-refractivity contribution >= 4 is 35.1 Å². The Morgan fingerprint density at radius 1 is 1.29 bits per heavy atom. The van der Waals surface area contributed by atoms with Crippen molar-refractivity contribution in [2.75, 3.05) is 12.4 Å². The number of halogens is 1. The van der Waals surface area contributed by atoms with Crippen molar-refractivity contribution in [2.24, 2.45) is 5.92 Å². The van der Waals surface area contributed by atoms with E-state index in [2.05, 4.69) is 0 Å². The Bertz CT molecular complexity index is 701. The number of allylic oxidation sites excluding steroid dienone is 3. The maximum absolute atomic E-state index is 12.1. The predicted molar refractivity (Wildman–Crippen MR) is 112 cm³/mol. The summed E-state index contributed by atoms with van der Waals surface area (Å²) in [6.45, 7) is 0.174. The van der Waals surface area contributed by atoms with Gasteiger partial charge in [-0.1, -0.05) is 29.8 Å². The number of aliphatic carboxylic acids is 1. The number of aliphatic hydroxyl groups excluding tert-OH is 1. The van der Waals surface area contributed by atoms with Crippen LogP contribution in [0, 0.1) is 5.92 Å². The highest BCUT2D eigenvalue weighted by Crippen LogP contribution is 2.31. The summed E-state index contributed by atoms with van der Waals surface area (Å²) in [6.07, 6.45) is 8.81. The van der Waals surface area contributed by atoms with E-state index in [0.29, 0.717) is 35.8 Å². The highest BCUT2D eigenvalue weighted by atomic mass is 35.5. The molecule has 0 heterocycles. The molecule has 3 atom stereocenters. The van der Waals surface area contributed by atoms with Gasteiger partial charge in [0.15, 0.2) is 5.78 Å². The molecule has 0 aromatic heterocycles. The van der Waals surface area contributed by atoms with E-state index in [0.717, 1.165) is 0 Å². The van der Waals surface area contributed by atoms with Crippen molar-refractivity contribution in [3.63, 3.8) is 0 Å². The van der Waals surface area contributed by atoms with E-state index in [9.17, 15) is 14.7 Å². The van der Waals surface area contributed by atoms with E-state index >= 15 is 0 Å². The van der Waals surface area contributed by atoms with Crippen LogP contribution in [0.25, 0.3) is 0 Å². The first-order valence-corrected chi connectivity index (χ1v) is 10.6. The van der Waals surface area contributed by atoms with Crippen molar-refractivity contribution in [1.82, 2.24) is 0 Å². The molecule has 0 aliphatic heterocycles. The maximum atomic E-state index is 12.1. The van der Waals surface area contributed by atoms with Gasteiger partial charge in [-0.15, -0.1) is 0 Å². The zero-order valence-corrected chi connectivity index (χ0v) is 17.1. The summed E-state index contributed by atoms with van der Waals surface area (Å²) in [4.78, 5) is 22.5. The van der Waals surface area contributed by atoms with Gasteiger partial charge < -0.3 is 14.9 Å². The van der Waals surface area contributed by atoms with Gasteiger partial charge in [0.1, 0.15) is 12.4 Å². The van der Waals surface area contributed by atoms with Crippen molar-refractivity contribution in [1.29, 1.82) is 0 Å². The number of unbranched alkanes of at least 4 members (excludes halogenated alkanes) is 1. The number of rotatable bonds is 12. The quantitative estimate of drug-likeness (QED) is 0.387. The van der Waals surface area contributed by atoms with Gasteiger partial charge in [0.05, 0.1) is 6.10 Å². The molecule has 1 aliphatic rings. The third kappa shape index (κ3) is 8.09. The SMILES string of the molecule is O=C(O)CCCC=CCC1C(=O)C=CC1SCC(O)COc1ccc(Cl)cc1. The molecule has 28 heavy (non-hydrogen) atoms. The van der Waals surface area contributed by atoms with Gasteiger partial charge in [-0.2, -0.15) is 11.8 Å². The fourth-order valence-corrected chi connectivity index (χ4v) is 4.09. The van der Waals surface area contributed by atoms with E-state index in [4.69, 9.17) is 21.4 Å². The van der Waals surface area contributed by atoms with Gasteiger partial charge in [-0.3, -0.25) is 9.59 Å². The van der Waals surface area contributed by atoms with Gasteiger partial charge >= 0.3 is 5.97 Å². The van der Waals surface area contributed by atoms with Crippen LogP contribution in [0.1, 0.15) is 25.7 Å². The second-order valence-corrected chi connectivity index (χ2v) is 8.23. The molecule has 0 amide bonds. The Morgan fingerprint density at radius 3 is 2.75 bits per heavy atom. The zero-order chi connectivity index (χ0) is 20.4. The molecule has 0 saturated carbocycles. The van der Waals surface area contributed by atoms with Crippen molar-refractivity contribution < 1.29 is 24.5 Å². The summed E-state index contributed by atoms with van der Waals surface area (Å²) in [6, 6.07) is 6.96. The smallest absolute Gasteiger partial charge is 0.303 e. The standard InChI is InChI=1S/C21H25ClO5S/c22-15-7-9-17(10-8-15)27-13-16(23)14-28-20-12-11-19(24)18(20)5-3-1-2-4-6-21(25)26/h1,3,7-12,16,18,20,23H,2,4-6,13-14H2,(H,25,26). The summed E-state index contributed by atoms with van der Waals surface area (Å²) < 4.78 is 5.55. The Kier molecular flexibility index (Phi) is 9.61. The number of thioether (sulfide) groups is 1. The first-order chi connectivity index (χ1) is 13.5. The average molecular weight is 425 g/mol. The Balaban J connectivity index is 1.69. The van der Waals surface area contributed by atoms with Gasteiger partial charge in [-0.25, -0.2) is 0 Å². The molecule has 0 spiro atoms. The van der Waals surface area contributed by atoms with Crippen LogP contribution < -0.4 is 4.74 Å². The number of hydrogen-bond acceptors (Lipinski definition) is 5. The minimum absolute atomic E-state index is 0.0290. The number of carboxylic acids is 1. The Hall–Kier alpha value is -1.76. The van der Waals surface area contributed by atoms with Crippen LogP contribution in [0.3, 0.4) is 0 Å². The summed E-state index contributed by atoms with van der Waals surface area (Å²) >= 11 is 7.37. The van der Waals surface area contributed by atoms with Crippen LogP contribution in [-0.2, 0) is 9.59 Å². The molecule has 2 rings (SSSR count). The third-order valence-electron chi connectivity index (χ3n) is 4.27. The first-order valence-electron chi connectivity index (χ1n) is 9.22. The molecule has 0 saturated heterocycles. The fourth-order valence-electron chi connectivity index (χ4n) is 2.76. The summed E-state index contributed by atoms with van der Waals surface area (Å²) in [5.74, 6) is 0.285. The molecular weight excluding hydrogens is 400 g/mol. The van der Waals surface area contributed by atoms with Crippen LogP contribution in [-0.4, -0.2) is 45.7 Å². The van der Waals surface area contributed by atoms with Gasteiger partial charge in [0, 0.05) is 28.4 Å². The maximum Gasteiger partial charge on any atom is 0.303 e. The first kappa shape index (κ1) is 22.5. The molecule has 1 aliphatic carbocycles. The number of aliphatic hydroxyl groups is 1. The Labute approximate surface area is 174 Å². The van der Waals surface area contributed by atoms with E-state index in [1.165, 1.54) is 0 Å². The second-order valence-electron chi connectivity index (χ2n) is 6.58. The number of carbonyl (C=O) groups excluding carboxylic acids is 1. The summed E-state index contributed by atoms with van der Waals surface area (Å²) in [5, 5.41) is 19.4. The minimum Gasteiger partial charge on any atom is -0.491 e. The van der Waals surface area contributed by atoms with Crippen LogP contribution >= 0.6 is 23.4 Å². The fraction of sp³-hybridized carbons (Fsp3) is 0.429. The van der Waals surface area contributed by atoms with Crippen LogP contribution in [0.5, 0.6) is 5.75 Å². The van der Waals surface area contributed by atoms with Gasteiger partial charge in [0.25, 0.3) is 0 Å². The van der Waals surface area contributed by atoms with E-state index < -0.39 is 12.1 Å². The molecule has 1 aromatic rings. The summed E-state index contributed by atoms with van der Waals surface area (Å²) in [7, 11) is 0. The van der Waals surface area contributed by atoms with Crippen molar-refractivity contribution in [3.05, 3.63) is 53.6 Å². The molecule has 0 radical (unpaired) electrons. The normalized spacial score (nSPS) is 20.0. The molecule has 152 valence electrons. The molecule has 2 N–H and O–H groups in total. The number of ketones is 1. The lowest BCUT2D eigenvalue weighted by molar-refractivity contribution is -0.137. The van der Waals surface area contributed by atoms with Crippen LogP contribution in [0.2, 0.25) is 5.02 Å². The second kappa shape index (κ2) is 11.9. The minimum atomic E-state index is -0.793. The molecule has 0 fully saturated rings. The number of ether oxygens (including phenoxy) is 1. The highest BCUT2D eigenvalue weighted by Gasteiger charge is 2.29. The predicted octanol–water partition coefficient (Wildman–Crippen LogP) is 4.14.